The Morgan fingerprint density at radius 3 is 2.42 bits per heavy atom. The van der Waals surface area contributed by atoms with Gasteiger partial charge in [0.25, 0.3) is 5.69 Å². The van der Waals surface area contributed by atoms with E-state index < -0.39 is 40.0 Å². The van der Waals surface area contributed by atoms with Crippen LogP contribution in [0.25, 0.3) is 0 Å². The van der Waals surface area contributed by atoms with E-state index in [1.807, 2.05) is 0 Å². The first-order valence-corrected chi connectivity index (χ1v) is 10.0. The molecule has 12 heteroatoms. The molecule has 1 saturated heterocycles. The fraction of sp³-hybridized carbons (Fsp3) is 0.333. The fourth-order valence-electron chi connectivity index (χ4n) is 4.16. The third-order valence-electron chi connectivity index (χ3n) is 5.78. The van der Waals surface area contributed by atoms with E-state index in [4.69, 9.17) is 0 Å². The highest BCUT2D eigenvalue weighted by molar-refractivity contribution is 6.01. The van der Waals surface area contributed by atoms with Gasteiger partial charge in [-0.05, 0) is 29.8 Å². The second-order valence-electron chi connectivity index (χ2n) is 7.81. The van der Waals surface area contributed by atoms with Crippen LogP contribution in [0.4, 0.5) is 34.6 Å². The van der Waals surface area contributed by atoms with E-state index in [0.29, 0.717) is 11.6 Å². The maximum Gasteiger partial charge on any atom is 0.416 e. The van der Waals surface area contributed by atoms with Crippen molar-refractivity contribution < 1.29 is 32.1 Å². The quantitative estimate of drug-likeness (QED) is 0.424. The van der Waals surface area contributed by atoms with E-state index in [1.54, 1.807) is 4.90 Å². The normalized spacial score (nSPS) is 18.5. The Morgan fingerprint density at radius 1 is 1.09 bits per heavy atom. The van der Waals surface area contributed by atoms with Crippen LogP contribution in [0, 0.1) is 15.9 Å². The number of hydrogen-bond donors (Lipinski definition) is 1. The second kappa shape index (κ2) is 8.34. The number of anilines is 2. The Morgan fingerprint density at radius 2 is 1.79 bits per heavy atom. The number of amides is 2. The molecule has 2 heterocycles. The summed E-state index contributed by atoms with van der Waals surface area (Å²) in [6.45, 7) is 0.636. The van der Waals surface area contributed by atoms with E-state index in [9.17, 15) is 37.3 Å². The summed E-state index contributed by atoms with van der Waals surface area (Å²) in [6, 6.07) is 6.16. The van der Waals surface area contributed by atoms with Crippen molar-refractivity contribution in [2.75, 3.05) is 36.4 Å². The molecule has 0 saturated carbocycles. The Balaban J connectivity index is 1.50. The number of piperazine rings is 1. The number of nitrogens with one attached hydrogen (secondary N) is 1. The number of benzene rings is 2. The molecule has 1 N–H and O–H groups in total. The number of nitrogens with zero attached hydrogens (tertiary/aromatic N) is 3. The summed E-state index contributed by atoms with van der Waals surface area (Å²) in [7, 11) is 0. The summed E-state index contributed by atoms with van der Waals surface area (Å²) in [5, 5.41) is 13.9. The van der Waals surface area contributed by atoms with Crippen LogP contribution < -0.4 is 10.2 Å². The fourth-order valence-corrected chi connectivity index (χ4v) is 4.16. The van der Waals surface area contributed by atoms with Crippen molar-refractivity contribution in [1.82, 2.24) is 4.90 Å². The maximum atomic E-state index is 13.5. The molecule has 1 fully saturated rings. The molecule has 2 aliphatic heterocycles. The zero-order valence-corrected chi connectivity index (χ0v) is 17.1. The highest BCUT2D eigenvalue weighted by Crippen LogP contribution is 2.38. The molecule has 33 heavy (non-hydrogen) atoms. The molecule has 8 nitrogen and oxygen atoms in total. The lowest BCUT2D eigenvalue weighted by molar-refractivity contribution is -0.384. The average molecular weight is 466 g/mol. The first kappa shape index (κ1) is 22.5. The second-order valence-corrected chi connectivity index (χ2v) is 7.81. The van der Waals surface area contributed by atoms with Crippen LogP contribution >= 0.6 is 0 Å². The SMILES string of the molecule is O=C1CC(C(=O)N2CCN(c3ccc(C(F)(F)F)cc3[N+](=O)[O-])CC2)c2ccc(F)cc2N1. The third kappa shape index (κ3) is 4.45. The molecule has 0 aromatic heterocycles. The van der Waals surface area contributed by atoms with Gasteiger partial charge in [0.05, 0.1) is 16.4 Å². The maximum absolute atomic E-state index is 13.5. The molecule has 0 aliphatic carbocycles. The van der Waals surface area contributed by atoms with Gasteiger partial charge < -0.3 is 15.1 Å². The van der Waals surface area contributed by atoms with Gasteiger partial charge in [-0.15, -0.1) is 0 Å². The van der Waals surface area contributed by atoms with Gasteiger partial charge in [0, 0.05) is 44.4 Å². The molecule has 0 spiro atoms. The van der Waals surface area contributed by atoms with Crippen molar-refractivity contribution in [3.05, 3.63) is 63.5 Å². The van der Waals surface area contributed by atoms with E-state index in [1.165, 1.54) is 17.0 Å². The van der Waals surface area contributed by atoms with E-state index in [0.717, 1.165) is 18.2 Å². The molecule has 2 aromatic rings. The van der Waals surface area contributed by atoms with Crippen molar-refractivity contribution in [1.29, 1.82) is 0 Å². The number of carbonyl (C=O) groups excluding carboxylic acids is 2. The molecular formula is C21H18F4N4O4. The largest absolute Gasteiger partial charge is 0.416 e. The van der Waals surface area contributed by atoms with Crippen molar-refractivity contribution in [3.8, 4) is 0 Å². The molecule has 2 aliphatic rings. The molecule has 4 rings (SSSR count). The third-order valence-corrected chi connectivity index (χ3v) is 5.78. The van der Waals surface area contributed by atoms with Crippen LogP contribution in [-0.4, -0.2) is 47.8 Å². The zero-order chi connectivity index (χ0) is 23.9. The Labute approximate surface area is 184 Å². The average Bonchev–Trinajstić information content (AvgIpc) is 2.76. The lowest BCUT2D eigenvalue weighted by atomic mass is 9.89. The van der Waals surface area contributed by atoms with Crippen LogP contribution in [0.5, 0.6) is 0 Å². The summed E-state index contributed by atoms with van der Waals surface area (Å²) in [5.41, 5.74) is -0.995. The van der Waals surface area contributed by atoms with Crippen LogP contribution in [0.1, 0.15) is 23.5 Å². The van der Waals surface area contributed by atoms with Gasteiger partial charge in [-0.3, -0.25) is 19.7 Å². The lowest BCUT2D eigenvalue weighted by Crippen LogP contribution is -2.50. The van der Waals surface area contributed by atoms with Gasteiger partial charge in [-0.25, -0.2) is 4.39 Å². The van der Waals surface area contributed by atoms with Gasteiger partial charge in [0.2, 0.25) is 11.8 Å². The summed E-state index contributed by atoms with van der Waals surface area (Å²) in [6.07, 6.45) is -4.80. The van der Waals surface area contributed by atoms with E-state index in [2.05, 4.69) is 5.32 Å². The number of halogens is 4. The summed E-state index contributed by atoms with van der Waals surface area (Å²) < 4.78 is 52.4. The molecule has 2 aromatic carbocycles. The van der Waals surface area contributed by atoms with Gasteiger partial charge in [0.15, 0.2) is 0 Å². The highest BCUT2D eigenvalue weighted by Gasteiger charge is 2.37. The Bertz CT molecular complexity index is 1130. The number of nitro groups is 1. The van der Waals surface area contributed by atoms with Crippen molar-refractivity contribution in [3.63, 3.8) is 0 Å². The number of rotatable bonds is 3. The van der Waals surface area contributed by atoms with E-state index >= 15 is 0 Å². The summed E-state index contributed by atoms with van der Waals surface area (Å²) in [5.74, 6) is -2.08. The molecule has 0 bridgehead atoms. The molecule has 1 atom stereocenters. The first-order chi connectivity index (χ1) is 15.5. The minimum Gasteiger partial charge on any atom is -0.362 e. The summed E-state index contributed by atoms with van der Waals surface area (Å²) >= 11 is 0. The minimum absolute atomic E-state index is 0.0398. The van der Waals surface area contributed by atoms with Crippen LogP contribution in [0.3, 0.4) is 0 Å². The number of fused-ring (bicyclic) bond motifs is 1. The molecule has 0 radical (unpaired) electrons. The number of hydrogen-bond acceptors (Lipinski definition) is 5. The van der Waals surface area contributed by atoms with Crippen LogP contribution in [0.2, 0.25) is 0 Å². The van der Waals surface area contributed by atoms with Gasteiger partial charge in [-0.1, -0.05) is 6.07 Å². The number of alkyl halides is 3. The van der Waals surface area contributed by atoms with Gasteiger partial charge in [-0.2, -0.15) is 13.2 Å². The predicted molar refractivity (Wildman–Crippen MR) is 109 cm³/mol. The lowest BCUT2D eigenvalue weighted by Gasteiger charge is -2.38. The molecular weight excluding hydrogens is 448 g/mol. The zero-order valence-electron chi connectivity index (χ0n) is 17.1. The Kier molecular flexibility index (Phi) is 5.68. The van der Waals surface area contributed by atoms with E-state index in [-0.39, 0.29) is 49.9 Å². The van der Waals surface area contributed by atoms with Crippen LogP contribution in [-0.2, 0) is 15.8 Å². The van der Waals surface area contributed by atoms with Crippen molar-refractivity contribution >= 4 is 28.9 Å². The highest BCUT2D eigenvalue weighted by atomic mass is 19.4. The number of nitro benzene ring substituents is 1. The van der Waals surface area contributed by atoms with Gasteiger partial charge in [0.1, 0.15) is 11.5 Å². The Hall–Kier alpha value is -3.70. The van der Waals surface area contributed by atoms with Crippen molar-refractivity contribution in [2.24, 2.45) is 0 Å². The molecule has 1 unspecified atom stereocenters. The van der Waals surface area contributed by atoms with Gasteiger partial charge >= 0.3 is 6.18 Å². The van der Waals surface area contributed by atoms with Crippen LogP contribution in [0.15, 0.2) is 36.4 Å². The monoisotopic (exact) mass is 466 g/mol. The summed E-state index contributed by atoms with van der Waals surface area (Å²) in [4.78, 5) is 38.7. The first-order valence-electron chi connectivity index (χ1n) is 10.0. The predicted octanol–water partition coefficient (Wildman–Crippen LogP) is 3.53. The topological polar surface area (TPSA) is 95.8 Å². The minimum atomic E-state index is -4.71. The number of carbonyl (C=O) groups is 2. The van der Waals surface area contributed by atoms with Crippen molar-refractivity contribution in [2.45, 2.75) is 18.5 Å². The molecule has 2 amide bonds. The molecule has 174 valence electrons. The standard InChI is InChI=1S/C21H18F4N4O4/c22-13-2-3-14-15(11-19(30)26-16(14)10-13)20(31)28-7-5-27(6-8-28)17-4-1-12(21(23,24)25)9-18(17)29(32)33/h1-4,9-10,15H,5-8,11H2,(H,26,30). The smallest absolute Gasteiger partial charge is 0.362 e.